The lowest BCUT2D eigenvalue weighted by Gasteiger charge is -2.39. The molecule has 1 fully saturated rings. The summed E-state index contributed by atoms with van der Waals surface area (Å²) in [5.74, 6) is 0. The topological polar surface area (TPSA) is 121 Å². The molecular weight excluding hydrogens is 393 g/mol. The maximum absolute atomic E-state index is 9.99. The molecule has 0 bridgehead atoms. The molecule has 1 aliphatic heterocycles. The Hall–Kier alpha value is -0.330. The normalized spacial score (nSPS) is 33.3. The fourth-order valence-corrected chi connectivity index (χ4v) is 2.79. The number of aliphatic hydroxyl groups excluding tert-OH is 4. The van der Waals surface area contributed by atoms with Crippen molar-refractivity contribution in [1.82, 2.24) is 15.0 Å². The second kappa shape index (κ2) is 7.79. The van der Waals surface area contributed by atoms with Gasteiger partial charge in [0.2, 0.25) is 0 Å². The number of alkyl halides is 1. The van der Waals surface area contributed by atoms with E-state index >= 15 is 0 Å². The monoisotopic (exact) mass is 413 g/mol. The summed E-state index contributed by atoms with van der Waals surface area (Å²) in [6.07, 6.45) is -1.52. The smallest absolute Gasteiger partial charge is 0.180 e. The fraction of sp³-hybridized carbons (Fsp3) is 0.833. The number of aliphatic hydroxyl groups is 4. The molecule has 4 N–H and O–H groups in total. The lowest BCUT2D eigenvalue weighted by Crippen LogP contribution is -2.56. The molecule has 2 heterocycles. The van der Waals surface area contributed by atoms with E-state index in [-0.39, 0.29) is 0 Å². The van der Waals surface area contributed by atoms with Crippen molar-refractivity contribution in [3.05, 3.63) is 11.9 Å². The second-order valence-electron chi connectivity index (χ2n) is 5.06. The van der Waals surface area contributed by atoms with Gasteiger partial charge in [-0.15, -0.1) is 5.10 Å². The van der Waals surface area contributed by atoms with Crippen molar-refractivity contribution < 1.29 is 25.2 Å². The van der Waals surface area contributed by atoms with Crippen LogP contribution in [-0.4, -0.2) is 70.9 Å². The molecule has 1 aromatic heterocycles. The van der Waals surface area contributed by atoms with Gasteiger partial charge in [-0.2, -0.15) is 0 Å². The largest absolute Gasteiger partial charge is 0.394 e. The van der Waals surface area contributed by atoms with Crippen LogP contribution in [0.2, 0.25) is 0 Å². The van der Waals surface area contributed by atoms with E-state index in [1.807, 2.05) is 0 Å². The van der Waals surface area contributed by atoms with Crippen molar-refractivity contribution in [1.29, 1.82) is 0 Å². The Morgan fingerprint density at radius 3 is 2.62 bits per heavy atom. The molecule has 0 aromatic carbocycles. The molecule has 9 heteroatoms. The Balaban J connectivity index is 2.06. The zero-order chi connectivity index (χ0) is 15.4. The number of hydrogen-bond donors (Lipinski definition) is 4. The maximum Gasteiger partial charge on any atom is 0.180 e. The van der Waals surface area contributed by atoms with Gasteiger partial charge in [-0.3, -0.25) is 0 Å². The van der Waals surface area contributed by atoms with Crippen molar-refractivity contribution in [3.8, 4) is 0 Å². The molecule has 8 nitrogen and oxygen atoms in total. The van der Waals surface area contributed by atoms with Crippen LogP contribution in [0.15, 0.2) is 6.20 Å². The summed E-state index contributed by atoms with van der Waals surface area (Å²) in [7, 11) is 0. The van der Waals surface area contributed by atoms with Crippen LogP contribution in [0.5, 0.6) is 0 Å². The Labute approximate surface area is 135 Å². The Kier molecular flexibility index (Phi) is 6.32. The number of aromatic nitrogens is 3. The highest BCUT2D eigenvalue weighted by Gasteiger charge is 2.44. The van der Waals surface area contributed by atoms with Crippen LogP contribution in [-0.2, 0) is 11.2 Å². The predicted molar refractivity (Wildman–Crippen MR) is 80.9 cm³/mol. The lowest BCUT2D eigenvalue weighted by molar-refractivity contribution is -0.254. The molecular formula is C12H20IN3O5. The van der Waals surface area contributed by atoms with Crippen LogP contribution in [0.4, 0.5) is 0 Å². The van der Waals surface area contributed by atoms with Gasteiger partial charge in [0.25, 0.3) is 0 Å². The molecule has 1 aliphatic rings. The third kappa shape index (κ3) is 3.90. The second-order valence-corrected chi connectivity index (χ2v) is 6.13. The van der Waals surface area contributed by atoms with Gasteiger partial charge < -0.3 is 25.2 Å². The minimum Gasteiger partial charge on any atom is -0.394 e. The van der Waals surface area contributed by atoms with Crippen molar-refractivity contribution >= 4 is 22.6 Å². The SMILES string of the molecule is OCC1OC(n2cc(CCCCI)nn2)C(O)C(O)C1O. The first-order chi connectivity index (χ1) is 10.1. The molecule has 5 atom stereocenters. The van der Waals surface area contributed by atoms with Crippen molar-refractivity contribution in [2.75, 3.05) is 11.0 Å². The first-order valence-corrected chi connectivity index (χ1v) is 8.38. The molecule has 0 aliphatic carbocycles. The standard InChI is InChI=1S/C12H20IN3O5/c13-4-2-1-3-7-5-16(15-14-7)12-11(20)10(19)9(18)8(6-17)21-12/h5,8-12,17-20H,1-4,6H2. The van der Waals surface area contributed by atoms with Crippen LogP contribution in [0.1, 0.15) is 24.8 Å². The van der Waals surface area contributed by atoms with Gasteiger partial charge in [0, 0.05) is 0 Å². The van der Waals surface area contributed by atoms with Gasteiger partial charge >= 0.3 is 0 Å². The quantitative estimate of drug-likeness (QED) is 0.269. The summed E-state index contributed by atoms with van der Waals surface area (Å²) in [5.41, 5.74) is 0.775. The van der Waals surface area contributed by atoms with E-state index in [4.69, 9.17) is 9.84 Å². The summed E-state index contributed by atoms with van der Waals surface area (Å²) in [4.78, 5) is 0. The third-order valence-corrected chi connectivity index (χ3v) is 4.26. The minimum atomic E-state index is -1.41. The van der Waals surface area contributed by atoms with Crippen LogP contribution in [0, 0.1) is 0 Å². The first-order valence-electron chi connectivity index (χ1n) is 6.85. The van der Waals surface area contributed by atoms with E-state index in [2.05, 4.69) is 32.9 Å². The van der Waals surface area contributed by atoms with E-state index in [1.165, 1.54) is 4.68 Å². The van der Waals surface area contributed by atoms with Crippen molar-refractivity contribution in [2.24, 2.45) is 0 Å². The van der Waals surface area contributed by atoms with Gasteiger partial charge in [-0.25, -0.2) is 4.68 Å². The summed E-state index contributed by atoms with van der Waals surface area (Å²) in [5, 5.41) is 46.5. The van der Waals surface area contributed by atoms with Crippen molar-refractivity contribution in [3.63, 3.8) is 0 Å². The molecule has 1 saturated heterocycles. The number of nitrogens with zero attached hydrogens (tertiary/aromatic N) is 3. The predicted octanol–water partition coefficient (Wildman–Crippen LogP) is -0.992. The van der Waals surface area contributed by atoms with E-state index in [1.54, 1.807) is 6.20 Å². The summed E-state index contributed by atoms with van der Waals surface area (Å²) in [6.45, 7) is -0.460. The Morgan fingerprint density at radius 2 is 1.95 bits per heavy atom. The van der Waals surface area contributed by atoms with E-state index in [0.29, 0.717) is 0 Å². The van der Waals surface area contributed by atoms with Gasteiger partial charge in [0.05, 0.1) is 18.5 Å². The van der Waals surface area contributed by atoms with Gasteiger partial charge in [-0.1, -0.05) is 27.8 Å². The van der Waals surface area contributed by atoms with E-state index in [0.717, 1.165) is 29.4 Å². The molecule has 0 spiro atoms. The summed E-state index contributed by atoms with van der Waals surface area (Å²) in [6, 6.07) is 0. The number of rotatable bonds is 6. The fourth-order valence-electron chi connectivity index (χ4n) is 2.25. The van der Waals surface area contributed by atoms with Crippen molar-refractivity contribution in [2.45, 2.75) is 49.9 Å². The first kappa shape index (κ1) is 17.0. The molecule has 21 heavy (non-hydrogen) atoms. The van der Waals surface area contributed by atoms with Gasteiger partial charge in [0.1, 0.15) is 24.4 Å². The van der Waals surface area contributed by atoms with Crippen LogP contribution < -0.4 is 0 Å². The van der Waals surface area contributed by atoms with Crippen LogP contribution in [0.3, 0.4) is 0 Å². The van der Waals surface area contributed by atoms with E-state index < -0.39 is 37.3 Å². The maximum atomic E-state index is 9.99. The molecule has 2 rings (SSSR count). The molecule has 1 aromatic rings. The Bertz CT molecular complexity index is 444. The molecule has 5 unspecified atom stereocenters. The number of aryl methyl sites for hydroxylation is 1. The highest BCUT2D eigenvalue weighted by atomic mass is 127. The Morgan fingerprint density at radius 1 is 1.19 bits per heavy atom. The zero-order valence-corrected chi connectivity index (χ0v) is 13.6. The van der Waals surface area contributed by atoms with Crippen LogP contribution in [0.25, 0.3) is 0 Å². The zero-order valence-electron chi connectivity index (χ0n) is 11.4. The molecule has 120 valence electrons. The van der Waals surface area contributed by atoms with Gasteiger partial charge in [0.15, 0.2) is 6.23 Å². The summed E-state index contributed by atoms with van der Waals surface area (Å²) < 4.78 is 7.81. The highest BCUT2D eigenvalue weighted by molar-refractivity contribution is 14.1. The van der Waals surface area contributed by atoms with Crippen LogP contribution >= 0.6 is 22.6 Å². The number of unbranched alkanes of at least 4 members (excludes halogenated alkanes) is 1. The third-order valence-electron chi connectivity index (χ3n) is 3.50. The average molecular weight is 413 g/mol. The highest BCUT2D eigenvalue weighted by Crippen LogP contribution is 2.27. The lowest BCUT2D eigenvalue weighted by atomic mass is 9.98. The number of ether oxygens (including phenoxy) is 1. The number of hydrogen-bond acceptors (Lipinski definition) is 7. The molecule has 0 radical (unpaired) electrons. The van der Waals surface area contributed by atoms with Gasteiger partial charge in [-0.05, 0) is 23.7 Å². The molecule has 0 saturated carbocycles. The minimum absolute atomic E-state index is 0.460. The van der Waals surface area contributed by atoms with E-state index in [9.17, 15) is 15.3 Å². The molecule has 0 amide bonds. The number of halogens is 1. The summed E-state index contributed by atoms with van der Waals surface area (Å²) >= 11 is 2.31. The average Bonchev–Trinajstić information content (AvgIpc) is 2.94.